The number of hydrogen-bond acceptors (Lipinski definition) is 7. The molecule has 0 saturated carbocycles. The number of aromatic nitrogens is 3. The lowest BCUT2D eigenvalue weighted by atomic mass is 10.1. The molecule has 2 aromatic heterocycles. The van der Waals surface area contributed by atoms with Gasteiger partial charge >= 0.3 is 5.88 Å². The Bertz CT molecular complexity index is 1030. The lowest BCUT2D eigenvalue weighted by Gasteiger charge is -2.06. The van der Waals surface area contributed by atoms with Gasteiger partial charge in [0.15, 0.2) is 0 Å². The fourth-order valence-corrected chi connectivity index (χ4v) is 3.10. The maximum Gasteiger partial charge on any atom is 0.305 e. The largest absolute Gasteiger partial charge is 0.305 e. The summed E-state index contributed by atoms with van der Waals surface area (Å²) in [6.45, 7) is 0. The molecule has 28 heavy (non-hydrogen) atoms. The van der Waals surface area contributed by atoms with Crippen molar-refractivity contribution in [3.63, 3.8) is 0 Å². The molecule has 142 valence electrons. The predicted molar refractivity (Wildman–Crippen MR) is 106 cm³/mol. The molecule has 0 atom stereocenters. The zero-order valence-electron chi connectivity index (χ0n) is 15.1. The standard InChI is InChI=1S/C18H15ClN6O2S/c1-24(2)25-10-17(27-23-25)22-16(26)11-28-18-13(9-20)5-8-15(21-18)12-3-6-14(19)7-4-12/h3-8,10H,11H2,1-2H3/p+1. The van der Waals surface area contributed by atoms with Crippen LogP contribution in [0.25, 0.3) is 11.3 Å². The molecule has 3 rings (SSSR count). The van der Waals surface area contributed by atoms with E-state index in [1.807, 2.05) is 12.1 Å². The molecule has 0 unspecified atom stereocenters. The average Bonchev–Trinajstić information content (AvgIpc) is 3.15. The minimum atomic E-state index is -0.297. The number of nitriles is 1. The summed E-state index contributed by atoms with van der Waals surface area (Å²) in [5.74, 6) is -0.00802. The number of nitrogens with one attached hydrogen (secondary N) is 1. The van der Waals surface area contributed by atoms with E-state index in [0.717, 1.165) is 5.56 Å². The molecule has 0 aliphatic heterocycles. The first kappa shape index (κ1) is 19.7. The summed E-state index contributed by atoms with van der Waals surface area (Å²) in [5, 5.41) is 18.5. The molecular weight excluding hydrogens is 400 g/mol. The second kappa shape index (κ2) is 8.73. The van der Waals surface area contributed by atoms with E-state index in [4.69, 9.17) is 16.1 Å². The molecule has 1 amide bonds. The molecule has 0 fully saturated rings. The van der Waals surface area contributed by atoms with Gasteiger partial charge in [0.25, 0.3) is 6.20 Å². The van der Waals surface area contributed by atoms with E-state index in [1.165, 1.54) is 16.6 Å². The monoisotopic (exact) mass is 415 g/mol. The first-order chi connectivity index (χ1) is 13.5. The molecule has 10 heteroatoms. The number of carbonyl (C=O) groups excluding carboxylic acids is 1. The first-order valence-corrected chi connectivity index (χ1v) is 9.48. The van der Waals surface area contributed by atoms with Crippen LogP contribution in [0.1, 0.15) is 5.56 Å². The molecular formula is C18H16ClN6O2S+. The Balaban J connectivity index is 1.70. The van der Waals surface area contributed by atoms with Gasteiger partial charge in [0.2, 0.25) is 11.2 Å². The lowest BCUT2D eigenvalue weighted by Crippen LogP contribution is -2.53. The van der Waals surface area contributed by atoms with E-state index in [2.05, 4.69) is 21.6 Å². The van der Waals surface area contributed by atoms with Crippen molar-refractivity contribution in [3.8, 4) is 17.3 Å². The predicted octanol–water partition coefficient (Wildman–Crippen LogP) is 2.48. The number of carbonyl (C=O) groups is 1. The number of pyridine rings is 1. The maximum atomic E-state index is 12.2. The van der Waals surface area contributed by atoms with Gasteiger partial charge in [-0.15, -0.1) is 0 Å². The second-order valence-electron chi connectivity index (χ2n) is 5.84. The summed E-state index contributed by atoms with van der Waals surface area (Å²) in [6, 6.07) is 12.8. The fraction of sp³-hybridized carbons (Fsp3) is 0.167. The minimum Gasteiger partial charge on any atom is -0.288 e. The first-order valence-electron chi connectivity index (χ1n) is 8.12. The van der Waals surface area contributed by atoms with Gasteiger partial charge in [-0.05, 0) is 24.3 Å². The third kappa shape index (κ3) is 4.79. The molecule has 0 aliphatic rings. The Labute approximate surface area is 170 Å². The lowest BCUT2D eigenvalue weighted by molar-refractivity contribution is -0.753. The van der Waals surface area contributed by atoms with Crippen LogP contribution in [0.3, 0.4) is 0 Å². The van der Waals surface area contributed by atoms with Gasteiger partial charge in [-0.25, -0.2) is 4.98 Å². The van der Waals surface area contributed by atoms with E-state index in [9.17, 15) is 10.1 Å². The van der Waals surface area contributed by atoms with Gasteiger partial charge in [-0.1, -0.05) is 35.5 Å². The Morgan fingerprint density at radius 3 is 2.71 bits per heavy atom. The Kier molecular flexibility index (Phi) is 6.13. The Morgan fingerprint density at radius 1 is 1.32 bits per heavy atom. The number of anilines is 1. The van der Waals surface area contributed by atoms with Crippen LogP contribution in [0.5, 0.6) is 0 Å². The highest BCUT2D eigenvalue weighted by Crippen LogP contribution is 2.26. The molecule has 3 aromatic rings. The van der Waals surface area contributed by atoms with E-state index < -0.39 is 0 Å². The number of halogens is 1. The van der Waals surface area contributed by atoms with E-state index >= 15 is 0 Å². The highest BCUT2D eigenvalue weighted by molar-refractivity contribution is 8.00. The number of benzene rings is 1. The quantitative estimate of drug-likeness (QED) is 0.487. The van der Waals surface area contributed by atoms with Crippen LogP contribution < -0.4 is 15.1 Å². The van der Waals surface area contributed by atoms with Crippen molar-refractivity contribution in [2.75, 3.05) is 30.2 Å². The third-order valence-electron chi connectivity index (χ3n) is 3.59. The SMILES string of the molecule is CN(C)[n+]1cc(NC(=O)CSc2nc(-c3ccc(Cl)cc3)ccc2C#N)on1. The molecule has 1 N–H and O–H groups in total. The maximum absolute atomic E-state index is 12.2. The summed E-state index contributed by atoms with van der Waals surface area (Å²) in [5.41, 5.74) is 1.97. The van der Waals surface area contributed by atoms with Crippen LogP contribution in [0.4, 0.5) is 5.88 Å². The van der Waals surface area contributed by atoms with Crippen molar-refractivity contribution in [3.05, 3.63) is 53.2 Å². The summed E-state index contributed by atoms with van der Waals surface area (Å²) >= 11 is 7.09. The number of hydrogen-bond donors (Lipinski definition) is 1. The highest BCUT2D eigenvalue weighted by atomic mass is 35.5. The van der Waals surface area contributed by atoms with Gasteiger partial charge in [-0.2, -0.15) is 10.3 Å². The van der Waals surface area contributed by atoms with E-state index in [0.29, 0.717) is 21.3 Å². The second-order valence-corrected chi connectivity index (χ2v) is 7.24. The van der Waals surface area contributed by atoms with Crippen LogP contribution >= 0.6 is 23.4 Å². The summed E-state index contributed by atoms with van der Waals surface area (Å²) < 4.78 is 5.03. The van der Waals surface area contributed by atoms with Crippen LogP contribution in [0.15, 0.2) is 52.1 Å². The molecule has 2 heterocycles. The van der Waals surface area contributed by atoms with Crippen molar-refractivity contribution < 1.29 is 14.1 Å². The molecule has 8 nitrogen and oxygen atoms in total. The van der Waals surface area contributed by atoms with Crippen molar-refractivity contribution in [2.45, 2.75) is 5.03 Å². The van der Waals surface area contributed by atoms with Crippen LogP contribution in [0.2, 0.25) is 5.02 Å². The topological polar surface area (TPSA) is 98.9 Å². The summed E-state index contributed by atoms with van der Waals surface area (Å²) in [4.78, 5) is 18.1. The van der Waals surface area contributed by atoms with Gasteiger partial charge in [0.1, 0.15) is 11.1 Å². The van der Waals surface area contributed by atoms with Crippen LogP contribution in [-0.2, 0) is 4.79 Å². The summed E-state index contributed by atoms with van der Waals surface area (Å²) in [7, 11) is 3.57. The molecule has 0 aliphatic carbocycles. The summed E-state index contributed by atoms with van der Waals surface area (Å²) in [6.07, 6.45) is 1.54. The molecule has 0 bridgehead atoms. The number of rotatable bonds is 6. The van der Waals surface area contributed by atoms with Gasteiger partial charge in [-0.3, -0.25) is 14.6 Å². The number of nitrogens with zero attached hydrogens (tertiary/aromatic N) is 5. The van der Waals surface area contributed by atoms with Crippen molar-refractivity contribution in [1.29, 1.82) is 5.26 Å². The smallest absolute Gasteiger partial charge is 0.288 e. The Hall–Kier alpha value is -3.09. The fourth-order valence-electron chi connectivity index (χ4n) is 2.21. The van der Waals surface area contributed by atoms with Crippen molar-refractivity contribution >= 4 is 35.2 Å². The zero-order chi connectivity index (χ0) is 20.1. The highest BCUT2D eigenvalue weighted by Gasteiger charge is 2.17. The molecule has 0 radical (unpaired) electrons. The molecule has 1 aromatic carbocycles. The van der Waals surface area contributed by atoms with E-state index in [-0.39, 0.29) is 17.5 Å². The Morgan fingerprint density at radius 2 is 2.07 bits per heavy atom. The minimum absolute atomic E-state index is 0.0639. The normalized spacial score (nSPS) is 10.4. The van der Waals surface area contributed by atoms with Crippen LogP contribution in [-0.4, -0.2) is 36.0 Å². The number of thioether (sulfide) groups is 1. The van der Waals surface area contributed by atoms with Gasteiger partial charge in [0.05, 0.1) is 35.9 Å². The van der Waals surface area contributed by atoms with Gasteiger partial charge < -0.3 is 0 Å². The molecule has 0 saturated heterocycles. The number of amides is 1. The zero-order valence-corrected chi connectivity index (χ0v) is 16.7. The van der Waals surface area contributed by atoms with Crippen LogP contribution in [0, 0.1) is 11.3 Å². The molecule has 0 spiro atoms. The van der Waals surface area contributed by atoms with Crippen molar-refractivity contribution in [1.82, 2.24) is 10.3 Å². The average molecular weight is 416 g/mol. The third-order valence-corrected chi connectivity index (χ3v) is 4.83. The van der Waals surface area contributed by atoms with E-state index in [1.54, 1.807) is 49.6 Å². The van der Waals surface area contributed by atoms with Gasteiger partial charge in [0, 0.05) is 10.6 Å². The van der Waals surface area contributed by atoms with Crippen molar-refractivity contribution in [2.24, 2.45) is 0 Å².